The molecule has 0 fully saturated rings. The average Bonchev–Trinajstić information content (AvgIpc) is 2.64. The van der Waals surface area contributed by atoms with Gasteiger partial charge >= 0.3 is 11.9 Å². The summed E-state index contributed by atoms with van der Waals surface area (Å²) in [5, 5.41) is 19.1. The number of rotatable bonds is 21. The monoisotopic (exact) mass is 444 g/mol. The van der Waals surface area contributed by atoms with Gasteiger partial charge in [0.1, 0.15) is 6.54 Å². The van der Waals surface area contributed by atoms with Crippen LogP contribution in [-0.2, 0) is 14.3 Å². The average molecular weight is 445 g/mol. The molecule has 0 rings (SSSR count). The SMILES string of the molecule is CCCCCCCCCCCCC(O)CCCCC(=O)OC(CC(=O)O)C[N+](C)(C)C. The van der Waals surface area contributed by atoms with Crippen LogP contribution in [0.25, 0.3) is 0 Å². The summed E-state index contributed by atoms with van der Waals surface area (Å²) >= 11 is 0. The highest BCUT2D eigenvalue weighted by molar-refractivity contribution is 5.71. The van der Waals surface area contributed by atoms with Crippen molar-refractivity contribution in [3.05, 3.63) is 0 Å². The number of carboxylic acids is 1. The molecule has 0 bridgehead atoms. The van der Waals surface area contributed by atoms with Crippen LogP contribution in [0.15, 0.2) is 0 Å². The molecule has 0 radical (unpaired) electrons. The van der Waals surface area contributed by atoms with Crippen LogP contribution < -0.4 is 0 Å². The van der Waals surface area contributed by atoms with Crippen molar-refractivity contribution < 1.29 is 29.0 Å². The van der Waals surface area contributed by atoms with E-state index in [9.17, 15) is 14.7 Å². The van der Waals surface area contributed by atoms with Crippen LogP contribution in [0.4, 0.5) is 0 Å². The number of hydrogen-bond donors (Lipinski definition) is 2. The van der Waals surface area contributed by atoms with Gasteiger partial charge in [-0.1, -0.05) is 77.6 Å². The van der Waals surface area contributed by atoms with Gasteiger partial charge in [-0.2, -0.15) is 0 Å². The molecule has 0 amide bonds. The Morgan fingerprint density at radius 1 is 0.806 bits per heavy atom. The smallest absolute Gasteiger partial charge is 0.307 e. The van der Waals surface area contributed by atoms with E-state index < -0.39 is 12.1 Å². The summed E-state index contributed by atoms with van der Waals surface area (Å²) in [6.07, 6.45) is 15.1. The number of esters is 1. The van der Waals surface area contributed by atoms with E-state index in [1.165, 1.54) is 57.8 Å². The van der Waals surface area contributed by atoms with Crippen LogP contribution in [0.1, 0.15) is 110 Å². The van der Waals surface area contributed by atoms with Gasteiger partial charge in [0.25, 0.3) is 0 Å². The maximum absolute atomic E-state index is 12.1. The van der Waals surface area contributed by atoms with Crippen molar-refractivity contribution >= 4 is 11.9 Å². The Hall–Kier alpha value is -1.14. The van der Waals surface area contributed by atoms with E-state index in [1.807, 2.05) is 21.1 Å². The molecule has 0 heterocycles. The van der Waals surface area contributed by atoms with Crippen LogP contribution in [0, 0.1) is 0 Å². The molecule has 0 spiro atoms. The molecule has 0 aromatic carbocycles. The number of aliphatic hydroxyl groups is 1. The Morgan fingerprint density at radius 3 is 1.77 bits per heavy atom. The van der Waals surface area contributed by atoms with Gasteiger partial charge in [0.05, 0.1) is 33.7 Å². The third kappa shape index (κ3) is 21.9. The summed E-state index contributed by atoms with van der Waals surface area (Å²) in [7, 11) is 5.83. The van der Waals surface area contributed by atoms with Crippen molar-refractivity contribution in [1.29, 1.82) is 0 Å². The summed E-state index contributed by atoms with van der Waals surface area (Å²) in [4.78, 5) is 23.0. The second-order valence-electron chi connectivity index (χ2n) is 10.1. The Labute approximate surface area is 190 Å². The van der Waals surface area contributed by atoms with E-state index in [-0.39, 0.29) is 24.9 Å². The molecule has 2 atom stereocenters. The minimum atomic E-state index is -0.957. The molecule has 0 saturated heterocycles. The number of carboxylic acid groups (broad SMARTS) is 1. The number of hydrogen-bond acceptors (Lipinski definition) is 4. The fraction of sp³-hybridized carbons (Fsp3) is 0.920. The first-order valence-electron chi connectivity index (χ1n) is 12.5. The quantitative estimate of drug-likeness (QED) is 0.142. The van der Waals surface area contributed by atoms with Gasteiger partial charge in [0.15, 0.2) is 6.10 Å². The number of ether oxygens (including phenoxy) is 1. The lowest BCUT2D eigenvalue weighted by atomic mass is 10.0. The normalized spacial score (nSPS) is 13.7. The molecule has 0 aromatic heterocycles. The predicted molar refractivity (Wildman–Crippen MR) is 126 cm³/mol. The summed E-state index contributed by atoms with van der Waals surface area (Å²) in [5.41, 5.74) is 0. The Bertz CT molecular complexity index is 461. The lowest BCUT2D eigenvalue weighted by Gasteiger charge is -2.28. The molecule has 31 heavy (non-hydrogen) atoms. The fourth-order valence-corrected chi connectivity index (χ4v) is 3.86. The standard InChI is InChI=1S/C25H49NO5/c1-5-6-7-8-9-10-11-12-13-14-17-22(27)18-15-16-19-25(30)31-23(20-24(28)29)21-26(2,3)4/h22-23,27H,5-21H2,1-4H3/p+1. The predicted octanol–water partition coefficient (Wildman–Crippen LogP) is 5.31. The van der Waals surface area contributed by atoms with Crippen LogP contribution in [-0.4, -0.2) is 66.5 Å². The maximum Gasteiger partial charge on any atom is 0.307 e. The van der Waals surface area contributed by atoms with Crippen molar-refractivity contribution in [3.8, 4) is 0 Å². The molecule has 2 unspecified atom stereocenters. The number of carbonyl (C=O) groups is 2. The van der Waals surface area contributed by atoms with Gasteiger partial charge < -0.3 is 19.4 Å². The van der Waals surface area contributed by atoms with Crippen LogP contribution in [0.5, 0.6) is 0 Å². The van der Waals surface area contributed by atoms with E-state index in [0.717, 1.165) is 19.3 Å². The lowest BCUT2D eigenvalue weighted by molar-refractivity contribution is -0.873. The molecule has 6 heteroatoms. The molecule has 0 aliphatic heterocycles. The molecular formula is C25H50NO5+. The molecule has 0 aromatic rings. The first kappa shape index (κ1) is 29.9. The molecule has 0 aliphatic rings. The Balaban J connectivity index is 3.72. The molecule has 0 aliphatic carbocycles. The number of likely N-dealkylation sites (N-methyl/N-ethyl adjacent to an activating group) is 1. The van der Waals surface area contributed by atoms with Crippen molar-refractivity contribution in [2.24, 2.45) is 0 Å². The number of nitrogens with zero attached hydrogens (tertiary/aromatic N) is 1. The highest BCUT2D eigenvalue weighted by Crippen LogP contribution is 2.15. The zero-order valence-electron chi connectivity index (χ0n) is 20.7. The van der Waals surface area contributed by atoms with Crippen molar-refractivity contribution in [2.75, 3.05) is 27.7 Å². The fourth-order valence-electron chi connectivity index (χ4n) is 3.86. The highest BCUT2D eigenvalue weighted by atomic mass is 16.5. The molecule has 0 saturated carbocycles. The topological polar surface area (TPSA) is 83.8 Å². The van der Waals surface area contributed by atoms with E-state index in [2.05, 4.69) is 6.92 Å². The Kier molecular flexibility index (Phi) is 17.8. The summed E-state index contributed by atoms with van der Waals surface area (Å²) in [5.74, 6) is -1.30. The van der Waals surface area contributed by atoms with Gasteiger partial charge in [-0.3, -0.25) is 9.59 Å². The van der Waals surface area contributed by atoms with E-state index >= 15 is 0 Å². The van der Waals surface area contributed by atoms with Gasteiger partial charge in [-0.15, -0.1) is 0 Å². The number of aliphatic carboxylic acids is 1. The number of aliphatic hydroxyl groups excluding tert-OH is 1. The van der Waals surface area contributed by atoms with Crippen LogP contribution in [0.3, 0.4) is 0 Å². The number of unbranched alkanes of at least 4 members (excludes halogenated alkanes) is 10. The van der Waals surface area contributed by atoms with E-state index in [0.29, 0.717) is 23.9 Å². The number of carbonyl (C=O) groups excluding carboxylic acids is 1. The second-order valence-corrected chi connectivity index (χ2v) is 10.1. The van der Waals surface area contributed by atoms with Crippen LogP contribution >= 0.6 is 0 Å². The third-order valence-electron chi connectivity index (χ3n) is 5.51. The molecule has 2 N–H and O–H groups in total. The van der Waals surface area contributed by atoms with Gasteiger partial charge in [-0.05, 0) is 19.3 Å². The van der Waals surface area contributed by atoms with E-state index in [1.54, 1.807) is 0 Å². The largest absolute Gasteiger partial charge is 0.481 e. The molecule has 6 nitrogen and oxygen atoms in total. The zero-order valence-corrected chi connectivity index (χ0v) is 20.7. The molecule has 184 valence electrons. The minimum Gasteiger partial charge on any atom is -0.481 e. The highest BCUT2D eigenvalue weighted by Gasteiger charge is 2.24. The van der Waals surface area contributed by atoms with Crippen molar-refractivity contribution in [3.63, 3.8) is 0 Å². The van der Waals surface area contributed by atoms with Crippen molar-refractivity contribution in [2.45, 2.75) is 122 Å². The maximum atomic E-state index is 12.1. The van der Waals surface area contributed by atoms with Crippen LogP contribution in [0.2, 0.25) is 0 Å². The van der Waals surface area contributed by atoms with Gasteiger partial charge in [0.2, 0.25) is 0 Å². The lowest BCUT2D eigenvalue weighted by Crippen LogP contribution is -2.43. The second kappa shape index (κ2) is 18.4. The molecular weight excluding hydrogens is 394 g/mol. The first-order valence-corrected chi connectivity index (χ1v) is 12.5. The third-order valence-corrected chi connectivity index (χ3v) is 5.51. The summed E-state index contributed by atoms with van der Waals surface area (Å²) < 4.78 is 5.92. The number of quaternary nitrogens is 1. The zero-order chi connectivity index (χ0) is 23.5. The summed E-state index contributed by atoms with van der Waals surface area (Å²) in [6.45, 7) is 2.71. The Morgan fingerprint density at radius 2 is 1.29 bits per heavy atom. The summed E-state index contributed by atoms with van der Waals surface area (Å²) in [6, 6.07) is 0. The van der Waals surface area contributed by atoms with E-state index in [4.69, 9.17) is 9.84 Å². The minimum absolute atomic E-state index is 0.168. The first-order chi connectivity index (χ1) is 14.6. The van der Waals surface area contributed by atoms with Crippen molar-refractivity contribution in [1.82, 2.24) is 0 Å². The van der Waals surface area contributed by atoms with Gasteiger partial charge in [0, 0.05) is 6.42 Å². The van der Waals surface area contributed by atoms with Gasteiger partial charge in [-0.25, -0.2) is 0 Å².